The molecule has 0 aliphatic heterocycles. The van der Waals surface area contributed by atoms with Gasteiger partial charge < -0.3 is 10.5 Å². The van der Waals surface area contributed by atoms with E-state index in [2.05, 4.69) is 15.9 Å². The van der Waals surface area contributed by atoms with Gasteiger partial charge in [0.1, 0.15) is 5.69 Å². The molecule has 0 amide bonds. The number of thiophene rings is 1. The van der Waals surface area contributed by atoms with Gasteiger partial charge in [-0.25, -0.2) is 0 Å². The Hall–Kier alpha value is -0.550. The second kappa shape index (κ2) is 3.23. The Bertz CT molecular complexity index is 284. The summed E-state index contributed by atoms with van der Waals surface area (Å²) in [6.45, 7) is 1.34. The van der Waals surface area contributed by atoms with Gasteiger partial charge in [0, 0.05) is 12.3 Å². The molecule has 0 unspecified atom stereocenters. The molecule has 60 valence electrons. The van der Waals surface area contributed by atoms with Gasteiger partial charge in [0.05, 0.1) is 4.47 Å². The standard InChI is InChI=1S/C6H6BrNO2S/c1-3(9)10-6-5(8)4(7)2-11-6/h2H,8H2,1H3. The molecule has 11 heavy (non-hydrogen) atoms. The van der Waals surface area contributed by atoms with Gasteiger partial charge >= 0.3 is 5.97 Å². The highest BCUT2D eigenvalue weighted by Crippen LogP contribution is 2.36. The molecule has 1 aromatic heterocycles. The van der Waals surface area contributed by atoms with Crippen LogP contribution in [0, 0.1) is 0 Å². The third kappa shape index (κ3) is 1.94. The molecule has 0 saturated carbocycles. The van der Waals surface area contributed by atoms with Crippen molar-refractivity contribution in [3.8, 4) is 5.06 Å². The number of halogens is 1. The molecule has 0 fully saturated rings. The van der Waals surface area contributed by atoms with Crippen LogP contribution in [0.4, 0.5) is 5.69 Å². The molecule has 0 atom stereocenters. The second-order valence-corrected chi connectivity index (χ2v) is 3.57. The molecule has 5 heteroatoms. The number of hydrogen-bond donors (Lipinski definition) is 1. The first kappa shape index (κ1) is 8.55. The summed E-state index contributed by atoms with van der Waals surface area (Å²) in [4.78, 5) is 10.5. The lowest BCUT2D eigenvalue weighted by Gasteiger charge is -1.96. The first-order chi connectivity index (χ1) is 5.11. The van der Waals surface area contributed by atoms with Gasteiger partial charge in [0.25, 0.3) is 0 Å². The summed E-state index contributed by atoms with van der Waals surface area (Å²) in [5.74, 6) is -0.356. The Morgan fingerprint density at radius 1 is 1.82 bits per heavy atom. The van der Waals surface area contributed by atoms with E-state index < -0.39 is 0 Å². The average molecular weight is 236 g/mol. The summed E-state index contributed by atoms with van der Waals surface area (Å²) in [7, 11) is 0. The molecule has 0 aliphatic rings. The van der Waals surface area contributed by atoms with Crippen LogP contribution in [0.2, 0.25) is 0 Å². The summed E-state index contributed by atoms with van der Waals surface area (Å²) in [6.07, 6.45) is 0. The van der Waals surface area contributed by atoms with E-state index in [-0.39, 0.29) is 5.97 Å². The Morgan fingerprint density at radius 3 is 2.82 bits per heavy atom. The summed E-state index contributed by atoms with van der Waals surface area (Å²) < 4.78 is 5.55. The van der Waals surface area contributed by atoms with E-state index in [4.69, 9.17) is 10.5 Å². The van der Waals surface area contributed by atoms with Crippen LogP contribution >= 0.6 is 27.3 Å². The summed E-state index contributed by atoms with van der Waals surface area (Å²) >= 11 is 4.49. The normalized spacial score (nSPS) is 9.64. The molecular weight excluding hydrogens is 230 g/mol. The molecule has 0 saturated heterocycles. The zero-order valence-corrected chi connectivity index (χ0v) is 8.16. The van der Waals surface area contributed by atoms with Gasteiger partial charge in [-0.05, 0) is 15.9 Å². The van der Waals surface area contributed by atoms with Crippen molar-refractivity contribution in [2.24, 2.45) is 0 Å². The first-order valence-corrected chi connectivity index (χ1v) is 4.49. The van der Waals surface area contributed by atoms with Crippen molar-refractivity contribution in [1.82, 2.24) is 0 Å². The van der Waals surface area contributed by atoms with Gasteiger partial charge in [-0.2, -0.15) is 0 Å². The lowest BCUT2D eigenvalue weighted by atomic mass is 10.5. The topological polar surface area (TPSA) is 52.3 Å². The van der Waals surface area contributed by atoms with Crippen molar-refractivity contribution in [3.63, 3.8) is 0 Å². The number of anilines is 1. The predicted molar refractivity (Wildman–Crippen MR) is 47.7 cm³/mol. The average Bonchev–Trinajstić information content (AvgIpc) is 2.18. The van der Waals surface area contributed by atoms with Crippen molar-refractivity contribution in [2.75, 3.05) is 5.73 Å². The lowest BCUT2D eigenvalue weighted by molar-refractivity contribution is -0.131. The van der Waals surface area contributed by atoms with E-state index in [0.29, 0.717) is 10.8 Å². The van der Waals surface area contributed by atoms with Crippen LogP contribution in [-0.2, 0) is 4.79 Å². The summed E-state index contributed by atoms with van der Waals surface area (Å²) in [6, 6.07) is 0. The van der Waals surface area contributed by atoms with Gasteiger partial charge in [-0.15, -0.1) is 11.3 Å². The number of rotatable bonds is 1. The van der Waals surface area contributed by atoms with Crippen LogP contribution in [-0.4, -0.2) is 5.97 Å². The maximum Gasteiger partial charge on any atom is 0.308 e. The maximum atomic E-state index is 10.5. The Morgan fingerprint density at radius 2 is 2.45 bits per heavy atom. The van der Waals surface area contributed by atoms with Gasteiger partial charge in [0.2, 0.25) is 5.06 Å². The Kier molecular flexibility index (Phi) is 2.51. The number of nitrogens with two attached hydrogens (primary N) is 1. The number of carbonyl (C=O) groups excluding carboxylic acids is 1. The highest BCUT2D eigenvalue weighted by Gasteiger charge is 2.08. The zero-order valence-electron chi connectivity index (χ0n) is 5.76. The molecule has 0 radical (unpaired) electrons. The number of nitrogen functional groups attached to an aromatic ring is 1. The molecule has 1 heterocycles. The fraction of sp³-hybridized carbons (Fsp3) is 0.167. The number of carbonyl (C=O) groups is 1. The molecule has 1 aromatic rings. The Balaban J connectivity index is 2.87. The highest BCUT2D eigenvalue weighted by atomic mass is 79.9. The summed E-state index contributed by atoms with van der Waals surface area (Å²) in [5.41, 5.74) is 6.01. The minimum absolute atomic E-state index is 0.356. The van der Waals surface area contributed by atoms with Crippen LogP contribution in [0.15, 0.2) is 9.85 Å². The van der Waals surface area contributed by atoms with Crippen LogP contribution in [0.3, 0.4) is 0 Å². The molecule has 0 aliphatic carbocycles. The molecule has 1 rings (SSSR count). The van der Waals surface area contributed by atoms with Crippen LogP contribution in [0.1, 0.15) is 6.92 Å². The number of esters is 1. The molecule has 0 bridgehead atoms. The van der Waals surface area contributed by atoms with Crippen LogP contribution in [0.25, 0.3) is 0 Å². The Labute approximate surface area is 76.3 Å². The minimum Gasteiger partial charge on any atom is -0.413 e. The smallest absolute Gasteiger partial charge is 0.308 e. The van der Waals surface area contributed by atoms with Crippen molar-refractivity contribution in [2.45, 2.75) is 6.92 Å². The first-order valence-electron chi connectivity index (χ1n) is 2.82. The quantitative estimate of drug-likeness (QED) is 0.759. The molecular formula is C6H6BrNO2S. The monoisotopic (exact) mass is 235 g/mol. The van der Waals surface area contributed by atoms with E-state index in [9.17, 15) is 4.79 Å². The van der Waals surface area contributed by atoms with Gasteiger partial charge in [-0.1, -0.05) is 0 Å². The van der Waals surface area contributed by atoms with E-state index in [0.717, 1.165) is 4.47 Å². The van der Waals surface area contributed by atoms with Crippen molar-refractivity contribution in [3.05, 3.63) is 9.85 Å². The largest absolute Gasteiger partial charge is 0.413 e. The summed E-state index contributed by atoms with van der Waals surface area (Å²) in [5, 5.41) is 2.22. The molecule has 3 nitrogen and oxygen atoms in total. The minimum atomic E-state index is -0.356. The predicted octanol–water partition coefficient (Wildman–Crippen LogP) is 2.02. The zero-order chi connectivity index (χ0) is 8.43. The fourth-order valence-electron chi connectivity index (χ4n) is 0.539. The fourth-order valence-corrected chi connectivity index (χ4v) is 1.87. The third-order valence-corrected chi connectivity index (χ3v) is 2.81. The van der Waals surface area contributed by atoms with Crippen LogP contribution < -0.4 is 10.5 Å². The van der Waals surface area contributed by atoms with Crippen LogP contribution in [0.5, 0.6) is 5.06 Å². The SMILES string of the molecule is CC(=O)Oc1scc(Br)c1N. The molecule has 0 spiro atoms. The lowest BCUT2D eigenvalue weighted by Crippen LogP contribution is -2.01. The van der Waals surface area contributed by atoms with Crippen molar-refractivity contribution in [1.29, 1.82) is 0 Å². The second-order valence-electron chi connectivity index (χ2n) is 1.88. The van der Waals surface area contributed by atoms with E-state index >= 15 is 0 Å². The van der Waals surface area contributed by atoms with E-state index in [1.807, 2.05) is 0 Å². The molecule has 2 N–H and O–H groups in total. The van der Waals surface area contributed by atoms with Crippen molar-refractivity contribution < 1.29 is 9.53 Å². The highest BCUT2D eigenvalue weighted by molar-refractivity contribution is 9.10. The van der Waals surface area contributed by atoms with Gasteiger partial charge in [0.15, 0.2) is 0 Å². The van der Waals surface area contributed by atoms with E-state index in [1.54, 1.807) is 5.38 Å². The van der Waals surface area contributed by atoms with Crippen molar-refractivity contribution >= 4 is 38.9 Å². The molecule has 0 aromatic carbocycles. The van der Waals surface area contributed by atoms with Gasteiger partial charge in [-0.3, -0.25) is 4.79 Å². The third-order valence-electron chi connectivity index (χ3n) is 0.983. The number of hydrogen-bond acceptors (Lipinski definition) is 4. The maximum absolute atomic E-state index is 10.5. The van der Waals surface area contributed by atoms with E-state index in [1.165, 1.54) is 18.3 Å². The number of ether oxygens (including phenoxy) is 1.